The van der Waals surface area contributed by atoms with E-state index >= 15 is 0 Å². The summed E-state index contributed by atoms with van der Waals surface area (Å²) < 4.78 is 0. The van der Waals surface area contributed by atoms with Gasteiger partial charge in [-0.2, -0.15) is 0 Å². The highest BCUT2D eigenvalue weighted by Crippen LogP contribution is 2.18. The van der Waals surface area contributed by atoms with E-state index in [-0.39, 0.29) is 5.37 Å². The molecule has 0 spiro atoms. The lowest BCUT2D eigenvalue weighted by atomic mass is 9.97. The number of rotatable bonds is 2. The smallest absolute Gasteiger partial charge is 0.316 e. The second-order valence-corrected chi connectivity index (χ2v) is 4.27. The van der Waals surface area contributed by atoms with E-state index in [1.807, 2.05) is 0 Å². The van der Waals surface area contributed by atoms with E-state index in [0.29, 0.717) is 0 Å². The molecule has 0 unspecified atom stereocenters. The van der Waals surface area contributed by atoms with Crippen LogP contribution >= 0.6 is 11.6 Å². The first-order valence-electron chi connectivity index (χ1n) is 4.68. The Morgan fingerprint density at radius 1 is 1.46 bits per heavy atom. The molecule has 0 aromatic carbocycles. The Morgan fingerprint density at radius 2 is 2.00 bits per heavy atom. The molecule has 3 nitrogen and oxygen atoms in total. The van der Waals surface area contributed by atoms with Gasteiger partial charge in [-0.05, 0) is 44.5 Å². The van der Waals surface area contributed by atoms with Crippen molar-refractivity contribution in [1.29, 1.82) is 0 Å². The number of piperidine rings is 1. The Labute approximate surface area is 84.6 Å². The van der Waals surface area contributed by atoms with Crippen LogP contribution in [-0.2, 0) is 0 Å². The maximum Gasteiger partial charge on any atom is 0.316 e. The Balaban J connectivity index is 2.26. The maximum atomic E-state index is 10.8. The number of carbonyl (C=O) groups excluding carboxylic acids is 1. The van der Waals surface area contributed by atoms with Gasteiger partial charge in [-0.15, -0.1) is 0 Å². The molecule has 0 aromatic rings. The first kappa shape index (κ1) is 10.8. The third-order valence-corrected chi connectivity index (χ3v) is 2.73. The minimum Gasteiger partial charge on any atom is -0.329 e. The second-order valence-electron chi connectivity index (χ2n) is 3.95. The Hall–Kier alpha value is -0.280. The molecule has 1 aliphatic rings. The summed E-state index contributed by atoms with van der Waals surface area (Å²) in [6, 6.07) is 0. The molecule has 4 heteroatoms. The van der Waals surface area contributed by atoms with Crippen LogP contribution in [0.25, 0.3) is 0 Å². The van der Waals surface area contributed by atoms with Crippen LogP contribution in [0.2, 0.25) is 0 Å². The summed E-state index contributed by atoms with van der Waals surface area (Å²) >= 11 is 5.39. The van der Waals surface area contributed by atoms with Crippen molar-refractivity contribution in [3.05, 3.63) is 0 Å². The number of hydrogen-bond acceptors (Lipinski definition) is 2. The van der Waals surface area contributed by atoms with Crippen molar-refractivity contribution >= 4 is 17.0 Å². The average molecular weight is 205 g/mol. The molecule has 0 saturated carbocycles. The van der Waals surface area contributed by atoms with Crippen LogP contribution < -0.4 is 0 Å². The number of likely N-dealkylation sites (tertiary alicyclic amines) is 1. The fourth-order valence-corrected chi connectivity index (χ4v) is 1.98. The molecule has 0 radical (unpaired) electrons. The third kappa shape index (κ3) is 3.53. The fourth-order valence-electron chi connectivity index (χ4n) is 1.81. The number of hydrogen-bond donors (Lipinski definition) is 0. The van der Waals surface area contributed by atoms with Gasteiger partial charge in [-0.1, -0.05) is 0 Å². The molecule has 1 aliphatic heterocycles. The molecule has 1 fully saturated rings. The highest BCUT2D eigenvalue weighted by molar-refractivity contribution is 6.62. The fraction of sp³-hybridized carbons (Fsp3) is 0.889. The molecule has 0 N–H and O–H groups in total. The van der Waals surface area contributed by atoms with Crippen molar-refractivity contribution in [3.63, 3.8) is 0 Å². The minimum absolute atomic E-state index is 0.302. The predicted molar refractivity (Wildman–Crippen MR) is 54.1 cm³/mol. The number of nitrogens with zero attached hydrogens (tertiary/aromatic N) is 2. The van der Waals surface area contributed by atoms with Gasteiger partial charge < -0.3 is 9.80 Å². The van der Waals surface area contributed by atoms with E-state index in [4.69, 9.17) is 11.6 Å². The number of carbonyl (C=O) groups is 1. The van der Waals surface area contributed by atoms with E-state index < -0.39 is 0 Å². The van der Waals surface area contributed by atoms with Crippen LogP contribution in [-0.4, -0.2) is 48.9 Å². The first-order valence-corrected chi connectivity index (χ1v) is 5.06. The predicted octanol–water partition coefficient (Wildman–Crippen LogP) is 1.62. The topological polar surface area (TPSA) is 23.6 Å². The van der Waals surface area contributed by atoms with Crippen molar-refractivity contribution < 1.29 is 4.79 Å². The maximum absolute atomic E-state index is 10.8. The lowest BCUT2D eigenvalue weighted by Crippen LogP contribution is -2.38. The summed E-state index contributed by atoms with van der Waals surface area (Å²) in [5.74, 6) is 0.724. The van der Waals surface area contributed by atoms with Gasteiger partial charge in [0.05, 0.1) is 0 Å². The van der Waals surface area contributed by atoms with Crippen LogP contribution in [0, 0.1) is 5.92 Å². The van der Waals surface area contributed by atoms with Crippen molar-refractivity contribution in [3.8, 4) is 0 Å². The quantitative estimate of drug-likeness (QED) is 0.504. The van der Waals surface area contributed by atoms with Crippen LogP contribution in [0.1, 0.15) is 12.8 Å². The molecular weight excluding hydrogens is 188 g/mol. The van der Waals surface area contributed by atoms with Gasteiger partial charge in [0, 0.05) is 19.6 Å². The summed E-state index contributed by atoms with van der Waals surface area (Å²) in [4.78, 5) is 14.7. The average Bonchev–Trinajstić information content (AvgIpc) is 2.04. The van der Waals surface area contributed by atoms with E-state index in [2.05, 4.69) is 19.0 Å². The molecule has 1 saturated heterocycles. The highest BCUT2D eigenvalue weighted by Gasteiger charge is 2.21. The second kappa shape index (κ2) is 4.82. The zero-order chi connectivity index (χ0) is 9.84. The van der Waals surface area contributed by atoms with Gasteiger partial charge in [-0.3, -0.25) is 4.79 Å². The SMILES string of the molecule is CN(C)CC1CCN(C(=O)Cl)CC1. The van der Waals surface area contributed by atoms with E-state index in [0.717, 1.165) is 38.4 Å². The monoisotopic (exact) mass is 204 g/mol. The highest BCUT2D eigenvalue weighted by atomic mass is 35.5. The van der Waals surface area contributed by atoms with Gasteiger partial charge in [0.2, 0.25) is 0 Å². The summed E-state index contributed by atoms with van der Waals surface area (Å²) in [7, 11) is 4.16. The van der Waals surface area contributed by atoms with Gasteiger partial charge in [-0.25, -0.2) is 0 Å². The van der Waals surface area contributed by atoms with Crippen LogP contribution in [0.4, 0.5) is 4.79 Å². The zero-order valence-electron chi connectivity index (χ0n) is 8.29. The molecule has 1 rings (SSSR count). The lowest BCUT2D eigenvalue weighted by molar-refractivity contribution is 0.177. The molecule has 13 heavy (non-hydrogen) atoms. The Bertz CT molecular complexity index is 176. The van der Waals surface area contributed by atoms with Crippen LogP contribution in [0.5, 0.6) is 0 Å². The van der Waals surface area contributed by atoms with Crippen molar-refractivity contribution in [2.75, 3.05) is 33.7 Å². The molecular formula is C9H17ClN2O. The standard InChI is InChI=1S/C9H17ClN2O/c1-11(2)7-8-3-5-12(6-4-8)9(10)13/h8H,3-7H2,1-2H3. The van der Waals surface area contributed by atoms with Crippen LogP contribution in [0.3, 0.4) is 0 Å². The van der Waals surface area contributed by atoms with Crippen molar-refractivity contribution in [2.45, 2.75) is 12.8 Å². The number of halogens is 1. The molecule has 0 atom stereocenters. The largest absolute Gasteiger partial charge is 0.329 e. The summed E-state index contributed by atoms with van der Waals surface area (Å²) in [6.45, 7) is 2.76. The van der Waals surface area contributed by atoms with E-state index in [9.17, 15) is 4.79 Å². The van der Waals surface area contributed by atoms with Gasteiger partial charge in [0.25, 0.3) is 0 Å². The molecule has 1 amide bonds. The Morgan fingerprint density at radius 3 is 2.38 bits per heavy atom. The molecule has 0 aromatic heterocycles. The van der Waals surface area contributed by atoms with Gasteiger partial charge in [0.1, 0.15) is 0 Å². The summed E-state index contributed by atoms with van der Waals surface area (Å²) in [5.41, 5.74) is 0. The molecule has 76 valence electrons. The third-order valence-electron chi connectivity index (χ3n) is 2.49. The minimum atomic E-state index is -0.302. The summed E-state index contributed by atoms with van der Waals surface area (Å²) in [6.07, 6.45) is 2.16. The van der Waals surface area contributed by atoms with E-state index in [1.165, 1.54) is 0 Å². The zero-order valence-corrected chi connectivity index (χ0v) is 9.05. The summed E-state index contributed by atoms with van der Waals surface area (Å²) in [5, 5.41) is -0.302. The molecule has 1 heterocycles. The first-order chi connectivity index (χ1) is 6.09. The Kier molecular flexibility index (Phi) is 4.00. The van der Waals surface area contributed by atoms with Gasteiger partial charge >= 0.3 is 5.37 Å². The van der Waals surface area contributed by atoms with Crippen molar-refractivity contribution in [1.82, 2.24) is 9.80 Å². The number of amides is 1. The molecule has 0 bridgehead atoms. The molecule has 0 aliphatic carbocycles. The van der Waals surface area contributed by atoms with Gasteiger partial charge in [0.15, 0.2) is 0 Å². The van der Waals surface area contributed by atoms with E-state index in [1.54, 1.807) is 4.90 Å². The van der Waals surface area contributed by atoms with Crippen LogP contribution in [0.15, 0.2) is 0 Å². The van der Waals surface area contributed by atoms with Crippen molar-refractivity contribution in [2.24, 2.45) is 5.92 Å². The lowest BCUT2D eigenvalue weighted by Gasteiger charge is -2.31. The normalized spacial score (nSPS) is 19.5.